The number of nitrogens with zero attached hydrogens (tertiary/aromatic N) is 1. The minimum atomic E-state index is -0.916. The number of hydrogen-bond acceptors (Lipinski definition) is 4. The van der Waals surface area contributed by atoms with Crippen LogP contribution in [0.15, 0.2) is 60.7 Å². The molecule has 2 amide bonds. The third-order valence-corrected chi connectivity index (χ3v) is 8.48. The highest BCUT2D eigenvalue weighted by Crippen LogP contribution is 2.40. The molecule has 3 aromatic carbocycles. The van der Waals surface area contributed by atoms with Crippen LogP contribution in [-0.2, 0) is 37.0 Å². The molecule has 45 heavy (non-hydrogen) atoms. The Morgan fingerprint density at radius 1 is 1.00 bits per heavy atom. The van der Waals surface area contributed by atoms with Gasteiger partial charge in [0.1, 0.15) is 5.82 Å². The van der Waals surface area contributed by atoms with E-state index in [1.807, 2.05) is 32.0 Å². The Kier molecular flexibility index (Phi) is 8.46. The highest BCUT2D eigenvalue weighted by atomic mass is 19.2. The van der Waals surface area contributed by atoms with Crippen molar-refractivity contribution in [3.8, 4) is 11.1 Å². The second-order valence-corrected chi connectivity index (χ2v) is 12.3. The molecular formula is C36H34F3N3O3. The van der Waals surface area contributed by atoms with E-state index in [2.05, 4.69) is 5.32 Å². The van der Waals surface area contributed by atoms with Crippen LogP contribution in [0.5, 0.6) is 0 Å². The maximum atomic E-state index is 13.8. The van der Waals surface area contributed by atoms with Crippen molar-refractivity contribution in [3.63, 3.8) is 0 Å². The highest BCUT2D eigenvalue weighted by molar-refractivity contribution is 6.10. The van der Waals surface area contributed by atoms with Crippen molar-refractivity contribution < 1.29 is 27.5 Å². The van der Waals surface area contributed by atoms with E-state index in [1.54, 1.807) is 12.1 Å². The van der Waals surface area contributed by atoms with Crippen molar-refractivity contribution in [2.45, 2.75) is 64.7 Å². The van der Waals surface area contributed by atoms with Gasteiger partial charge in [-0.2, -0.15) is 0 Å². The maximum absolute atomic E-state index is 13.8. The van der Waals surface area contributed by atoms with Crippen LogP contribution in [0.2, 0.25) is 0 Å². The first-order valence-corrected chi connectivity index (χ1v) is 15.2. The first kappa shape index (κ1) is 30.5. The molecule has 2 heterocycles. The SMILES string of the molecule is CC(C)Cc1nc2c(c(-c3ccc4c(c3)CC[C@@H]4OCc3ccc(F)c(F)c3)c1C(N)=O)C(=O)N[C@H](Cc1ccc(F)cc1)C2. The summed E-state index contributed by atoms with van der Waals surface area (Å²) in [5, 5.41) is 3.08. The molecule has 0 bridgehead atoms. The molecule has 0 saturated heterocycles. The zero-order valence-corrected chi connectivity index (χ0v) is 25.1. The minimum Gasteiger partial charge on any atom is -0.369 e. The van der Waals surface area contributed by atoms with E-state index in [-0.39, 0.29) is 42.0 Å². The number of aryl methyl sites for hydroxylation is 1. The fraction of sp³-hybridized carbons (Fsp3) is 0.306. The minimum absolute atomic E-state index is 0.130. The number of halogens is 3. The average molecular weight is 614 g/mol. The van der Waals surface area contributed by atoms with E-state index in [0.29, 0.717) is 65.7 Å². The number of aromatic nitrogens is 1. The Morgan fingerprint density at radius 3 is 2.47 bits per heavy atom. The molecule has 0 saturated carbocycles. The predicted molar refractivity (Wildman–Crippen MR) is 164 cm³/mol. The number of rotatable bonds is 9. The number of hydrogen-bond donors (Lipinski definition) is 2. The summed E-state index contributed by atoms with van der Waals surface area (Å²) >= 11 is 0. The molecule has 6 rings (SSSR count). The predicted octanol–water partition coefficient (Wildman–Crippen LogP) is 6.56. The molecule has 2 aliphatic rings. The fourth-order valence-electron chi connectivity index (χ4n) is 6.47. The van der Waals surface area contributed by atoms with Crippen molar-refractivity contribution in [2.75, 3.05) is 0 Å². The van der Waals surface area contributed by atoms with Crippen LogP contribution in [0.1, 0.15) is 80.7 Å². The van der Waals surface area contributed by atoms with Crippen LogP contribution in [0, 0.1) is 23.4 Å². The number of benzene rings is 3. The summed E-state index contributed by atoms with van der Waals surface area (Å²) in [5.41, 5.74) is 12.3. The fourth-order valence-corrected chi connectivity index (χ4v) is 6.47. The third-order valence-electron chi connectivity index (χ3n) is 8.48. The lowest BCUT2D eigenvalue weighted by Crippen LogP contribution is -2.44. The molecule has 4 aromatic rings. The van der Waals surface area contributed by atoms with Crippen LogP contribution in [-0.4, -0.2) is 22.8 Å². The number of fused-ring (bicyclic) bond motifs is 2. The number of amides is 2. The number of carbonyl (C=O) groups is 2. The average Bonchev–Trinajstić information content (AvgIpc) is 3.40. The molecule has 232 valence electrons. The Hall–Kier alpha value is -4.50. The summed E-state index contributed by atoms with van der Waals surface area (Å²) in [4.78, 5) is 31.7. The van der Waals surface area contributed by atoms with Crippen molar-refractivity contribution in [3.05, 3.63) is 123 Å². The van der Waals surface area contributed by atoms with Gasteiger partial charge < -0.3 is 15.8 Å². The van der Waals surface area contributed by atoms with Crippen molar-refractivity contribution in [1.29, 1.82) is 0 Å². The van der Waals surface area contributed by atoms with E-state index in [9.17, 15) is 22.8 Å². The van der Waals surface area contributed by atoms with Gasteiger partial charge in [0.05, 0.1) is 35.2 Å². The molecule has 1 aliphatic carbocycles. The Bertz CT molecular complexity index is 1790. The van der Waals surface area contributed by atoms with E-state index < -0.39 is 17.5 Å². The standard InChI is InChI=1S/C36H34F3N3O3/c1-19(2)13-29-33(35(40)43)32(34-30(42-29)17-25(41-36(34)44)14-20-3-8-24(37)9-4-20)23-6-10-26-22(16-23)7-12-31(26)45-18-21-5-11-27(38)28(39)15-21/h3-6,8-11,15-16,19,25,31H,7,12-14,17-18H2,1-2H3,(H2,40,43)(H,41,44)/t25-,31+/m1/s1. The van der Waals surface area contributed by atoms with Crippen LogP contribution in [0.25, 0.3) is 11.1 Å². The van der Waals surface area contributed by atoms with Crippen molar-refractivity contribution in [2.24, 2.45) is 11.7 Å². The zero-order chi connectivity index (χ0) is 31.8. The Labute approximate surface area is 259 Å². The second-order valence-electron chi connectivity index (χ2n) is 12.3. The Morgan fingerprint density at radius 2 is 1.76 bits per heavy atom. The topological polar surface area (TPSA) is 94.3 Å². The third kappa shape index (κ3) is 6.35. The molecule has 0 radical (unpaired) electrons. The summed E-state index contributed by atoms with van der Waals surface area (Å²) in [6.07, 6.45) is 2.62. The molecule has 0 spiro atoms. The number of nitrogens with two attached hydrogens (primary N) is 1. The molecule has 6 nitrogen and oxygen atoms in total. The van der Waals surface area contributed by atoms with Gasteiger partial charge in [0.25, 0.3) is 11.8 Å². The number of nitrogens with one attached hydrogen (secondary N) is 1. The highest BCUT2D eigenvalue weighted by Gasteiger charge is 2.34. The smallest absolute Gasteiger partial charge is 0.254 e. The van der Waals surface area contributed by atoms with Gasteiger partial charge in [-0.05, 0) is 83.7 Å². The van der Waals surface area contributed by atoms with Crippen LogP contribution < -0.4 is 11.1 Å². The molecule has 1 aromatic heterocycles. The number of pyridine rings is 1. The van der Waals surface area contributed by atoms with E-state index in [4.69, 9.17) is 15.5 Å². The Balaban J connectivity index is 1.35. The first-order chi connectivity index (χ1) is 21.6. The van der Waals surface area contributed by atoms with Gasteiger partial charge in [0.2, 0.25) is 0 Å². The van der Waals surface area contributed by atoms with Gasteiger partial charge in [-0.15, -0.1) is 0 Å². The van der Waals surface area contributed by atoms with Crippen LogP contribution in [0.4, 0.5) is 13.2 Å². The van der Waals surface area contributed by atoms with Gasteiger partial charge in [0, 0.05) is 18.0 Å². The lowest BCUT2D eigenvalue weighted by molar-refractivity contribution is 0.0409. The van der Waals surface area contributed by atoms with E-state index in [0.717, 1.165) is 28.8 Å². The van der Waals surface area contributed by atoms with Crippen molar-refractivity contribution >= 4 is 11.8 Å². The van der Waals surface area contributed by atoms with Gasteiger partial charge in [-0.25, -0.2) is 13.2 Å². The number of primary amides is 1. The van der Waals surface area contributed by atoms with Crippen molar-refractivity contribution in [1.82, 2.24) is 10.3 Å². The summed E-state index contributed by atoms with van der Waals surface area (Å²) in [6, 6.07) is 15.5. The quantitative estimate of drug-likeness (QED) is 0.224. The number of ether oxygens (including phenoxy) is 1. The normalized spacial score (nSPS) is 17.2. The molecule has 3 N–H and O–H groups in total. The largest absolute Gasteiger partial charge is 0.369 e. The van der Waals surface area contributed by atoms with Gasteiger partial charge in [-0.3, -0.25) is 14.6 Å². The van der Waals surface area contributed by atoms with Crippen LogP contribution >= 0.6 is 0 Å². The lowest BCUT2D eigenvalue weighted by atomic mass is 9.84. The van der Waals surface area contributed by atoms with Gasteiger partial charge >= 0.3 is 0 Å². The van der Waals surface area contributed by atoms with Gasteiger partial charge in [0.15, 0.2) is 11.6 Å². The first-order valence-electron chi connectivity index (χ1n) is 15.2. The van der Waals surface area contributed by atoms with Gasteiger partial charge in [-0.1, -0.05) is 50.2 Å². The molecule has 0 fully saturated rings. The summed E-state index contributed by atoms with van der Waals surface area (Å²) in [7, 11) is 0. The summed E-state index contributed by atoms with van der Waals surface area (Å²) in [6.45, 7) is 4.20. The zero-order valence-electron chi connectivity index (χ0n) is 25.1. The molecular weight excluding hydrogens is 579 g/mol. The summed E-state index contributed by atoms with van der Waals surface area (Å²) in [5.74, 6) is -2.94. The lowest BCUT2D eigenvalue weighted by Gasteiger charge is -2.29. The molecule has 2 atom stereocenters. The van der Waals surface area contributed by atoms with E-state index >= 15 is 0 Å². The van der Waals surface area contributed by atoms with E-state index in [1.165, 1.54) is 18.2 Å². The second kappa shape index (κ2) is 12.5. The molecule has 9 heteroatoms. The summed E-state index contributed by atoms with van der Waals surface area (Å²) < 4.78 is 46.6. The molecule has 0 unspecified atom stereocenters. The van der Waals surface area contributed by atoms with Crippen LogP contribution in [0.3, 0.4) is 0 Å². The maximum Gasteiger partial charge on any atom is 0.254 e. The molecule has 1 aliphatic heterocycles. The monoisotopic (exact) mass is 613 g/mol. The number of carbonyl (C=O) groups excluding carboxylic acids is 2.